The minimum atomic E-state index is -3.67. The minimum absolute atomic E-state index is 0.0356. The summed E-state index contributed by atoms with van der Waals surface area (Å²) in [6, 6.07) is 12.4. The summed E-state index contributed by atoms with van der Waals surface area (Å²) in [5.41, 5.74) is 1.06. The van der Waals surface area contributed by atoms with Crippen molar-refractivity contribution in [3.63, 3.8) is 0 Å². The highest BCUT2D eigenvalue weighted by Crippen LogP contribution is 2.33. The monoisotopic (exact) mass is 460 g/mol. The van der Waals surface area contributed by atoms with Gasteiger partial charge in [0.05, 0.1) is 25.2 Å². The molecule has 172 valence electrons. The van der Waals surface area contributed by atoms with E-state index < -0.39 is 10.0 Å². The first-order chi connectivity index (χ1) is 15.5. The Hall–Kier alpha value is -2.78. The van der Waals surface area contributed by atoms with Crippen molar-refractivity contribution >= 4 is 15.9 Å². The zero-order valence-electron chi connectivity index (χ0n) is 18.2. The zero-order valence-corrected chi connectivity index (χ0v) is 19.0. The number of carbonyl (C=O) groups excluding carboxylic acids is 1. The molecule has 1 amide bonds. The van der Waals surface area contributed by atoms with Crippen LogP contribution in [0.4, 0.5) is 0 Å². The van der Waals surface area contributed by atoms with Gasteiger partial charge in [-0.25, -0.2) is 8.42 Å². The zero-order chi connectivity index (χ0) is 22.6. The predicted molar refractivity (Wildman–Crippen MR) is 119 cm³/mol. The van der Waals surface area contributed by atoms with E-state index in [0.29, 0.717) is 50.6 Å². The van der Waals surface area contributed by atoms with E-state index in [1.54, 1.807) is 24.1 Å². The topological polar surface area (TPSA) is 85.4 Å². The Kier molecular flexibility index (Phi) is 6.86. The van der Waals surface area contributed by atoms with Gasteiger partial charge in [0.15, 0.2) is 11.5 Å². The number of carbonyl (C=O) groups is 1. The molecule has 0 spiro atoms. The molecule has 0 unspecified atom stereocenters. The first kappa shape index (κ1) is 22.4. The van der Waals surface area contributed by atoms with E-state index in [2.05, 4.69) is 0 Å². The van der Waals surface area contributed by atoms with Crippen LogP contribution in [-0.2, 0) is 21.2 Å². The number of hydrogen-bond donors (Lipinski definition) is 0. The summed E-state index contributed by atoms with van der Waals surface area (Å²) in [4.78, 5) is 14.5. The molecule has 8 nitrogen and oxygen atoms in total. The standard InChI is InChI=1S/C23H28N2O6S/c1-29-19-6-3-18(4-7-19)5-10-23(26)24-11-13-25(14-12-24)32(27,28)20-8-9-21-22(17-20)31-16-2-15-30-21/h3-4,6-9,17H,2,5,10-16H2,1H3. The third-order valence-electron chi connectivity index (χ3n) is 5.73. The number of methoxy groups -OCH3 is 1. The number of nitrogens with zero attached hydrogens (tertiary/aromatic N) is 2. The van der Waals surface area contributed by atoms with Gasteiger partial charge in [0, 0.05) is 45.1 Å². The second-order valence-electron chi connectivity index (χ2n) is 7.79. The van der Waals surface area contributed by atoms with E-state index >= 15 is 0 Å². The second kappa shape index (κ2) is 9.79. The molecule has 4 rings (SSSR count). The molecule has 1 fully saturated rings. The van der Waals surface area contributed by atoms with Crippen LogP contribution in [0.1, 0.15) is 18.4 Å². The number of ether oxygens (including phenoxy) is 3. The van der Waals surface area contributed by atoms with Gasteiger partial charge < -0.3 is 19.1 Å². The molecule has 32 heavy (non-hydrogen) atoms. The van der Waals surface area contributed by atoms with Gasteiger partial charge in [0.2, 0.25) is 15.9 Å². The van der Waals surface area contributed by atoms with Crippen LogP contribution >= 0.6 is 0 Å². The molecular formula is C23H28N2O6S. The highest BCUT2D eigenvalue weighted by Gasteiger charge is 2.31. The third kappa shape index (κ3) is 4.99. The normalized spacial score (nSPS) is 17.0. The summed E-state index contributed by atoms with van der Waals surface area (Å²) in [7, 11) is -2.05. The fraction of sp³-hybridized carbons (Fsp3) is 0.435. The Morgan fingerprint density at radius 3 is 2.34 bits per heavy atom. The number of sulfonamides is 1. The lowest BCUT2D eigenvalue weighted by Gasteiger charge is -2.34. The maximum absolute atomic E-state index is 13.1. The van der Waals surface area contributed by atoms with Gasteiger partial charge in [-0.15, -0.1) is 0 Å². The molecule has 0 bridgehead atoms. The predicted octanol–water partition coefficient (Wildman–Crippen LogP) is 2.32. The first-order valence-electron chi connectivity index (χ1n) is 10.8. The highest BCUT2D eigenvalue weighted by atomic mass is 32.2. The summed E-state index contributed by atoms with van der Waals surface area (Å²) in [6.45, 7) is 2.34. The number of benzene rings is 2. The molecule has 0 aliphatic carbocycles. The lowest BCUT2D eigenvalue weighted by atomic mass is 10.1. The number of hydrogen-bond acceptors (Lipinski definition) is 6. The van der Waals surface area contributed by atoms with Crippen molar-refractivity contribution in [1.82, 2.24) is 9.21 Å². The summed E-state index contributed by atoms with van der Waals surface area (Å²) < 4.78 is 44.0. The van der Waals surface area contributed by atoms with Crippen LogP contribution in [0.15, 0.2) is 47.4 Å². The van der Waals surface area contributed by atoms with Crippen LogP contribution < -0.4 is 14.2 Å². The molecule has 2 aromatic carbocycles. The molecule has 2 aromatic rings. The average Bonchev–Trinajstić information content (AvgIpc) is 3.08. The maximum atomic E-state index is 13.1. The number of fused-ring (bicyclic) bond motifs is 1. The van der Waals surface area contributed by atoms with Gasteiger partial charge in [-0.1, -0.05) is 12.1 Å². The van der Waals surface area contributed by atoms with Gasteiger partial charge in [-0.3, -0.25) is 4.79 Å². The maximum Gasteiger partial charge on any atom is 0.243 e. The van der Waals surface area contributed by atoms with E-state index in [1.165, 1.54) is 10.4 Å². The van der Waals surface area contributed by atoms with Crippen LogP contribution in [0.2, 0.25) is 0 Å². The highest BCUT2D eigenvalue weighted by molar-refractivity contribution is 7.89. The molecule has 2 aliphatic rings. The van der Waals surface area contributed by atoms with Gasteiger partial charge in [-0.2, -0.15) is 4.31 Å². The van der Waals surface area contributed by atoms with Crippen molar-refractivity contribution in [2.24, 2.45) is 0 Å². The number of rotatable bonds is 6. The van der Waals surface area contributed by atoms with E-state index in [0.717, 1.165) is 17.7 Å². The van der Waals surface area contributed by atoms with E-state index in [9.17, 15) is 13.2 Å². The van der Waals surface area contributed by atoms with E-state index in [1.807, 2.05) is 24.3 Å². The van der Waals surface area contributed by atoms with Crippen molar-refractivity contribution in [2.75, 3.05) is 46.5 Å². The Morgan fingerprint density at radius 1 is 0.969 bits per heavy atom. The minimum Gasteiger partial charge on any atom is -0.497 e. The summed E-state index contributed by atoms with van der Waals surface area (Å²) in [6.07, 6.45) is 1.78. The summed E-state index contributed by atoms with van der Waals surface area (Å²) >= 11 is 0. The molecule has 2 aliphatic heterocycles. The lowest BCUT2D eigenvalue weighted by Crippen LogP contribution is -2.50. The van der Waals surface area contributed by atoms with E-state index in [4.69, 9.17) is 14.2 Å². The molecule has 1 saturated heterocycles. The quantitative estimate of drug-likeness (QED) is 0.658. The van der Waals surface area contributed by atoms with Crippen LogP contribution in [0, 0.1) is 0 Å². The molecular weight excluding hydrogens is 432 g/mol. The number of aryl methyl sites for hydroxylation is 1. The van der Waals surface area contributed by atoms with Crippen molar-refractivity contribution in [3.8, 4) is 17.2 Å². The smallest absolute Gasteiger partial charge is 0.243 e. The summed E-state index contributed by atoms with van der Waals surface area (Å²) in [5.74, 6) is 1.84. The molecule has 9 heteroatoms. The molecule has 0 N–H and O–H groups in total. The fourth-order valence-corrected chi connectivity index (χ4v) is 5.27. The van der Waals surface area contributed by atoms with Gasteiger partial charge in [0.25, 0.3) is 0 Å². The van der Waals surface area contributed by atoms with Gasteiger partial charge in [-0.05, 0) is 36.2 Å². The molecule has 0 atom stereocenters. The number of piperazine rings is 1. The first-order valence-corrected chi connectivity index (χ1v) is 12.2. The van der Waals surface area contributed by atoms with Gasteiger partial charge in [0.1, 0.15) is 5.75 Å². The van der Waals surface area contributed by atoms with E-state index in [-0.39, 0.29) is 23.9 Å². The van der Waals surface area contributed by atoms with Crippen molar-refractivity contribution in [2.45, 2.75) is 24.2 Å². The molecule has 0 radical (unpaired) electrons. The molecule has 0 saturated carbocycles. The Bertz CT molecular complexity index is 1050. The van der Waals surface area contributed by atoms with Crippen LogP contribution in [0.3, 0.4) is 0 Å². The fourth-order valence-electron chi connectivity index (χ4n) is 3.83. The Labute approximate surface area is 188 Å². The average molecular weight is 461 g/mol. The summed E-state index contributed by atoms with van der Waals surface area (Å²) in [5, 5.41) is 0. The van der Waals surface area contributed by atoms with Crippen LogP contribution in [-0.4, -0.2) is 70.0 Å². The van der Waals surface area contributed by atoms with Crippen LogP contribution in [0.25, 0.3) is 0 Å². The Balaban J connectivity index is 1.33. The Morgan fingerprint density at radius 2 is 1.66 bits per heavy atom. The second-order valence-corrected chi connectivity index (χ2v) is 9.73. The largest absolute Gasteiger partial charge is 0.497 e. The van der Waals surface area contributed by atoms with Gasteiger partial charge >= 0.3 is 0 Å². The number of amides is 1. The van der Waals surface area contributed by atoms with Crippen molar-refractivity contribution in [1.29, 1.82) is 0 Å². The SMILES string of the molecule is COc1ccc(CCC(=O)N2CCN(S(=O)(=O)c3ccc4c(c3)OCCCO4)CC2)cc1. The molecule has 2 heterocycles. The lowest BCUT2D eigenvalue weighted by molar-refractivity contribution is -0.132. The molecule has 0 aromatic heterocycles. The van der Waals surface area contributed by atoms with Crippen molar-refractivity contribution in [3.05, 3.63) is 48.0 Å². The third-order valence-corrected chi connectivity index (χ3v) is 7.63. The van der Waals surface area contributed by atoms with Crippen molar-refractivity contribution < 1.29 is 27.4 Å². The van der Waals surface area contributed by atoms with Crippen LogP contribution in [0.5, 0.6) is 17.2 Å².